The number of methoxy groups -OCH3 is 1. The molecule has 3 aromatic rings. The van der Waals surface area contributed by atoms with E-state index in [1.807, 2.05) is 40.1 Å². The fourth-order valence-electron chi connectivity index (χ4n) is 3.63. The number of hydrogen-bond donors (Lipinski definition) is 2. The quantitative estimate of drug-likeness (QED) is 0.191. The standard InChI is InChI=1S/C24H23NOS.C3H9N.C3H4S.C2H4O2/c1-4-7-18-14-19(12-13-22(18)26-16(2)3)24-25-15-23(27-24)21-11-6-9-17-8-5-10-20(17)21;1-3-4-2;1-2-3-4;1-4-2-3/h6,9,11-16H,5,8,10H2,1-3H3;4H,3H2,1-2H3;4H,1H3;2H,1H3. The number of aryl methyl sites for hydroxylation is 1. The van der Waals surface area contributed by atoms with E-state index in [-0.39, 0.29) is 6.10 Å². The van der Waals surface area contributed by atoms with Crippen molar-refractivity contribution in [3.63, 3.8) is 0 Å². The molecule has 39 heavy (non-hydrogen) atoms. The minimum Gasteiger partial charge on any atom is -0.490 e. The predicted octanol–water partition coefficient (Wildman–Crippen LogP) is 7.04. The lowest BCUT2D eigenvalue weighted by atomic mass is 10.0. The van der Waals surface area contributed by atoms with Crippen LogP contribution in [0.2, 0.25) is 0 Å². The van der Waals surface area contributed by atoms with Crippen molar-refractivity contribution >= 4 is 30.4 Å². The summed E-state index contributed by atoms with van der Waals surface area (Å²) in [5.74, 6) is 9.53. The summed E-state index contributed by atoms with van der Waals surface area (Å²) >= 11 is 5.31. The molecule has 1 aliphatic carbocycles. The highest BCUT2D eigenvalue weighted by Crippen LogP contribution is 2.38. The number of benzene rings is 2. The Morgan fingerprint density at radius 1 is 1.18 bits per heavy atom. The van der Waals surface area contributed by atoms with Gasteiger partial charge in [0.15, 0.2) is 0 Å². The molecule has 0 aliphatic heterocycles. The van der Waals surface area contributed by atoms with E-state index in [0.29, 0.717) is 6.47 Å². The Balaban J connectivity index is 0.000000538. The van der Waals surface area contributed by atoms with Gasteiger partial charge in [-0.3, -0.25) is 4.79 Å². The van der Waals surface area contributed by atoms with Crippen LogP contribution in [0.5, 0.6) is 5.75 Å². The first-order chi connectivity index (χ1) is 18.9. The molecule has 0 saturated heterocycles. The maximum Gasteiger partial charge on any atom is 0.292 e. The van der Waals surface area contributed by atoms with Gasteiger partial charge in [0, 0.05) is 11.8 Å². The number of carbonyl (C=O) groups excluding carboxylic acids is 1. The van der Waals surface area contributed by atoms with E-state index in [1.165, 1.54) is 47.9 Å². The first-order valence-corrected chi connectivity index (χ1v) is 14.1. The van der Waals surface area contributed by atoms with E-state index in [9.17, 15) is 0 Å². The van der Waals surface area contributed by atoms with Crippen molar-refractivity contribution < 1.29 is 14.3 Å². The van der Waals surface area contributed by atoms with Crippen LogP contribution in [-0.2, 0) is 22.4 Å². The number of nitrogens with zero attached hydrogens (tertiary/aromatic N) is 1. The van der Waals surface area contributed by atoms with Crippen molar-refractivity contribution in [1.82, 2.24) is 10.3 Å². The van der Waals surface area contributed by atoms with E-state index < -0.39 is 0 Å². The third-order valence-electron chi connectivity index (χ3n) is 5.33. The lowest BCUT2D eigenvalue weighted by Gasteiger charge is -2.12. The third kappa shape index (κ3) is 11.6. The smallest absolute Gasteiger partial charge is 0.292 e. The van der Waals surface area contributed by atoms with Crippen molar-refractivity contribution in [2.45, 2.75) is 60.0 Å². The van der Waals surface area contributed by atoms with Crippen molar-refractivity contribution in [2.75, 3.05) is 20.7 Å². The first-order valence-electron chi connectivity index (χ1n) is 12.9. The van der Waals surface area contributed by atoms with Gasteiger partial charge < -0.3 is 14.8 Å². The normalized spacial score (nSPS) is 10.4. The van der Waals surface area contributed by atoms with Crippen LogP contribution in [0.4, 0.5) is 0 Å². The highest BCUT2D eigenvalue weighted by molar-refractivity contribution is 7.85. The van der Waals surface area contributed by atoms with Crippen LogP contribution >= 0.6 is 24.0 Å². The average molecular weight is 565 g/mol. The summed E-state index contributed by atoms with van der Waals surface area (Å²) in [5.41, 5.74) is 6.36. The first kappa shape index (κ1) is 33.8. The number of rotatable bonds is 6. The molecule has 5 nitrogen and oxygen atoms in total. The van der Waals surface area contributed by atoms with Crippen molar-refractivity contribution in [1.29, 1.82) is 0 Å². The summed E-state index contributed by atoms with van der Waals surface area (Å²) in [4.78, 5) is 14.9. The molecule has 1 aliphatic rings. The van der Waals surface area contributed by atoms with Crippen LogP contribution in [-0.4, -0.2) is 38.3 Å². The van der Waals surface area contributed by atoms with Gasteiger partial charge >= 0.3 is 0 Å². The molecule has 2 aromatic carbocycles. The molecule has 0 spiro atoms. The van der Waals surface area contributed by atoms with E-state index in [4.69, 9.17) is 14.5 Å². The van der Waals surface area contributed by atoms with Gasteiger partial charge in [0.2, 0.25) is 0 Å². The summed E-state index contributed by atoms with van der Waals surface area (Å²) < 4.78 is 9.76. The summed E-state index contributed by atoms with van der Waals surface area (Å²) in [5, 5.41) is 6.33. The Hall–Kier alpha value is -3.23. The van der Waals surface area contributed by atoms with Gasteiger partial charge in [-0.25, -0.2) is 4.98 Å². The molecule has 0 saturated carbocycles. The van der Waals surface area contributed by atoms with Crippen LogP contribution < -0.4 is 10.1 Å². The van der Waals surface area contributed by atoms with Crippen LogP contribution in [0.3, 0.4) is 0 Å². The van der Waals surface area contributed by atoms with Gasteiger partial charge in [0.25, 0.3) is 6.47 Å². The zero-order valence-corrected chi connectivity index (χ0v) is 25.8. The van der Waals surface area contributed by atoms with Crippen LogP contribution in [0.25, 0.3) is 21.0 Å². The molecule has 0 atom stereocenters. The van der Waals surface area contributed by atoms with Crippen LogP contribution in [0.15, 0.2) is 42.6 Å². The summed E-state index contributed by atoms with van der Waals surface area (Å²) in [7, 11) is 3.24. The van der Waals surface area contributed by atoms with Gasteiger partial charge in [0.1, 0.15) is 10.8 Å². The number of aromatic nitrogens is 1. The number of fused-ring (bicyclic) bond motifs is 1. The second-order valence-corrected chi connectivity index (χ2v) is 9.73. The summed E-state index contributed by atoms with van der Waals surface area (Å²) in [6.45, 7) is 11.2. The molecule has 0 fully saturated rings. The Labute approximate surface area is 244 Å². The maximum absolute atomic E-state index is 8.95. The number of thiazole rings is 1. The number of hydrogen-bond acceptors (Lipinski definition) is 7. The highest BCUT2D eigenvalue weighted by Gasteiger charge is 2.17. The molecule has 4 rings (SSSR count). The van der Waals surface area contributed by atoms with Gasteiger partial charge in [-0.05, 0) is 101 Å². The van der Waals surface area contributed by atoms with Crippen LogP contribution in [0, 0.1) is 23.0 Å². The molecule has 1 heterocycles. The van der Waals surface area contributed by atoms with Crippen molar-refractivity contribution in [3.8, 4) is 49.8 Å². The van der Waals surface area contributed by atoms with E-state index >= 15 is 0 Å². The lowest BCUT2D eigenvalue weighted by molar-refractivity contribution is -0.126. The Kier molecular flexibility index (Phi) is 17.1. The number of carbonyl (C=O) groups is 1. The number of thiol groups is 1. The van der Waals surface area contributed by atoms with Gasteiger partial charge in [-0.1, -0.05) is 49.6 Å². The zero-order valence-electron chi connectivity index (χ0n) is 24.1. The highest BCUT2D eigenvalue weighted by atomic mass is 32.1. The van der Waals surface area contributed by atoms with Gasteiger partial charge in [-0.2, -0.15) is 0 Å². The van der Waals surface area contributed by atoms with Crippen molar-refractivity contribution in [2.24, 2.45) is 0 Å². The van der Waals surface area contributed by atoms with E-state index in [0.717, 1.165) is 28.4 Å². The molecule has 1 N–H and O–H groups in total. The summed E-state index contributed by atoms with van der Waals surface area (Å²) in [6, 6.07) is 12.8. The minimum absolute atomic E-state index is 0.125. The zero-order chi connectivity index (χ0) is 29.0. The molecule has 0 bridgehead atoms. The molecule has 0 radical (unpaired) electrons. The second kappa shape index (κ2) is 19.8. The Morgan fingerprint density at radius 3 is 2.44 bits per heavy atom. The summed E-state index contributed by atoms with van der Waals surface area (Å²) in [6.07, 6.45) is 5.77. The number of ether oxygens (including phenoxy) is 2. The lowest BCUT2D eigenvalue weighted by Crippen LogP contribution is -2.06. The number of nitrogens with one attached hydrogen (secondary N) is 1. The van der Waals surface area contributed by atoms with E-state index in [2.05, 4.69) is 83.0 Å². The molecule has 0 amide bonds. The molecule has 208 valence electrons. The second-order valence-electron chi connectivity index (χ2n) is 8.48. The topological polar surface area (TPSA) is 60.4 Å². The molecule has 7 heteroatoms. The SMILES string of the molecule is CC#CS.CC#Cc1cc(-c2ncc(-c3cccc4c3CCC4)s2)ccc1OC(C)C.CCNC.COC=O. The monoisotopic (exact) mass is 564 g/mol. The van der Waals surface area contributed by atoms with Crippen LogP contribution in [0.1, 0.15) is 57.7 Å². The Morgan fingerprint density at radius 2 is 1.87 bits per heavy atom. The molecule has 0 unspecified atom stereocenters. The molecule has 1 aromatic heterocycles. The minimum atomic E-state index is 0.125. The average Bonchev–Trinajstić information content (AvgIpc) is 3.64. The fourth-order valence-corrected chi connectivity index (χ4v) is 4.60. The van der Waals surface area contributed by atoms with Gasteiger partial charge in [-0.15, -0.1) is 17.3 Å². The van der Waals surface area contributed by atoms with E-state index in [1.54, 1.807) is 18.3 Å². The molecular weight excluding hydrogens is 524 g/mol. The predicted molar refractivity (Wildman–Crippen MR) is 168 cm³/mol. The fraction of sp³-hybridized carbons (Fsp3) is 0.375. The Bertz CT molecular complexity index is 1270. The van der Waals surface area contributed by atoms with Crippen molar-refractivity contribution in [3.05, 3.63) is 59.3 Å². The van der Waals surface area contributed by atoms with Gasteiger partial charge in [0.05, 0.1) is 23.7 Å². The third-order valence-corrected chi connectivity index (χ3v) is 6.63. The molecular formula is C32H40N2O3S2. The maximum atomic E-state index is 8.95. The largest absolute Gasteiger partial charge is 0.490 e.